The van der Waals surface area contributed by atoms with Crippen molar-refractivity contribution < 1.29 is 9.47 Å². The molecule has 2 heteroatoms. The van der Waals surface area contributed by atoms with Gasteiger partial charge in [-0.2, -0.15) is 0 Å². The first-order valence-corrected chi connectivity index (χ1v) is 17.1. The minimum atomic E-state index is 0.678. The molecule has 0 aromatic heterocycles. The van der Waals surface area contributed by atoms with Gasteiger partial charge in [0.2, 0.25) is 0 Å². The van der Waals surface area contributed by atoms with E-state index in [2.05, 4.69) is 56.3 Å². The largest absolute Gasteiger partial charge is 0.492 e. The van der Waals surface area contributed by atoms with Crippen LogP contribution in [0.25, 0.3) is 21.5 Å². The lowest BCUT2D eigenvalue weighted by atomic mass is 9.83. The second-order valence-electron chi connectivity index (χ2n) is 12.3. The van der Waals surface area contributed by atoms with Crippen LogP contribution in [0.2, 0.25) is 0 Å². The summed E-state index contributed by atoms with van der Waals surface area (Å²) >= 11 is 0. The molecular weight excluding hydrogens is 488 g/mol. The second-order valence-corrected chi connectivity index (χ2v) is 12.3. The Morgan fingerprint density at radius 3 is 1.55 bits per heavy atom. The molecule has 0 spiro atoms. The molecule has 220 valence electrons. The smallest absolute Gasteiger partial charge is 0.135 e. The number of rotatable bonds is 19. The van der Waals surface area contributed by atoms with Gasteiger partial charge in [-0.05, 0) is 43.2 Å². The molecule has 1 saturated carbocycles. The second kappa shape index (κ2) is 17.6. The number of benzene rings is 3. The molecular formula is C38H56O2. The van der Waals surface area contributed by atoms with Gasteiger partial charge < -0.3 is 9.47 Å². The summed E-state index contributed by atoms with van der Waals surface area (Å²) < 4.78 is 13.3. The van der Waals surface area contributed by atoms with Crippen molar-refractivity contribution >= 4 is 21.5 Å². The van der Waals surface area contributed by atoms with E-state index in [1.165, 1.54) is 136 Å². The number of hydrogen-bond acceptors (Lipinski definition) is 2. The third-order valence-electron chi connectivity index (χ3n) is 9.01. The Labute approximate surface area is 245 Å². The molecule has 3 aromatic carbocycles. The minimum Gasteiger partial charge on any atom is -0.492 e. The Bertz CT molecular complexity index is 1130. The molecule has 0 radical (unpaired) electrons. The van der Waals surface area contributed by atoms with Gasteiger partial charge in [0, 0.05) is 21.5 Å². The summed E-state index contributed by atoms with van der Waals surface area (Å²) in [4.78, 5) is 0. The van der Waals surface area contributed by atoms with Crippen molar-refractivity contribution in [3.8, 4) is 11.5 Å². The SMILES string of the molecule is CCCCCCCCCOc1c2ccccc2c(OCCCCCCCCC)c2cc(C3CCCCC3)ccc12. The van der Waals surface area contributed by atoms with E-state index in [1.807, 2.05) is 0 Å². The number of ether oxygens (including phenoxy) is 2. The van der Waals surface area contributed by atoms with Gasteiger partial charge in [-0.1, -0.05) is 147 Å². The fourth-order valence-electron chi connectivity index (χ4n) is 6.58. The molecule has 0 amide bonds. The maximum Gasteiger partial charge on any atom is 0.135 e. The van der Waals surface area contributed by atoms with E-state index in [-0.39, 0.29) is 0 Å². The van der Waals surface area contributed by atoms with Crippen molar-refractivity contribution in [3.05, 3.63) is 48.0 Å². The van der Waals surface area contributed by atoms with Crippen molar-refractivity contribution in [1.82, 2.24) is 0 Å². The summed E-state index contributed by atoms with van der Waals surface area (Å²) in [6.07, 6.45) is 24.9. The molecule has 4 rings (SSSR count). The lowest BCUT2D eigenvalue weighted by molar-refractivity contribution is 0.306. The van der Waals surface area contributed by atoms with Gasteiger partial charge in [-0.3, -0.25) is 0 Å². The predicted molar refractivity (Wildman–Crippen MR) is 174 cm³/mol. The van der Waals surface area contributed by atoms with Gasteiger partial charge in [0.05, 0.1) is 13.2 Å². The molecule has 40 heavy (non-hydrogen) atoms. The van der Waals surface area contributed by atoms with Crippen molar-refractivity contribution in [2.75, 3.05) is 13.2 Å². The predicted octanol–water partition coefficient (Wildman–Crippen LogP) is 12.3. The van der Waals surface area contributed by atoms with Crippen molar-refractivity contribution in [2.45, 2.75) is 142 Å². The van der Waals surface area contributed by atoms with E-state index in [0.29, 0.717) is 5.92 Å². The third-order valence-corrected chi connectivity index (χ3v) is 9.01. The van der Waals surface area contributed by atoms with Gasteiger partial charge in [-0.25, -0.2) is 0 Å². The minimum absolute atomic E-state index is 0.678. The summed E-state index contributed by atoms with van der Waals surface area (Å²) in [6.45, 7) is 6.15. The molecule has 0 aliphatic heterocycles. The number of hydrogen-bond donors (Lipinski definition) is 0. The first-order chi connectivity index (χ1) is 19.8. The molecule has 1 fully saturated rings. The van der Waals surface area contributed by atoms with Gasteiger partial charge >= 0.3 is 0 Å². The van der Waals surface area contributed by atoms with Crippen LogP contribution in [-0.4, -0.2) is 13.2 Å². The van der Waals surface area contributed by atoms with Crippen LogP contribution in [0.15, 0.2) is 42.5 Å². The molecule has 0 saturated heterocycles. The highest BCUT2D eigenvalue weighted by Crippen LogP contribution is 2.45. The Morgan fingerprint density at radius 2 is 1.00 bits per heavy atom. The fourth-order valence-corrected chi connectivity index (χ4v) is 6.58. The van der Waals surface area contributed by atoms with Crippen molar-refractivity contribution in [2.24, 2.45) is 0 Å². The first-order valence-electron chi connectivity index (χ1n) is 17.1. The molecule has 1 aliphatic carbocycles. The highest BCUT2D eigenvalue weighted by molar-refractivity contribution is 6.11. The summed E-state index contributed by atoms with van der Waals surface area (Å²) in [7, 11) is 0. The zero-order valence-electron chi connectivity index (χ0n) is 25.8. The quantitative estimate of drug-likeness (QED) is 0.110. The van der Waals surface area contributed by atoms with Gasteiger partial charge in [0.1, 0.15) is 11.5 Å². The van der Waals surface area contributed by atoms with Crippen LogP contribution in [-0.2, 0) is 0 Å². The third kappa shape index (κ3) is 8.89. The maximum atomic E-state index is 6.69. The average molecular weight is 545 g/mol. The van der Waals surface area contributed by atoms with Gasteiger partial charge in [0.25, 0.3) is 0 Å². The molecule has 0 heterocycles. The topological polar surface area (TPSA) is 18.5 Å². The van der Waals surface area contributed by atoms with E-state index in [0.717, 1.165) is 37.6 Å². The van der Waals surface area contributed by atoms with Crippen molar-refractivity contribution in [3.63, 3.8) is 0 Å². The maximum absolute atomic E-state index is 6.69. The van der Waals surface area contributed by atoms with Crippen molar-refractivity contribution in [1.29, 1.82) is 0 Å². The van der Waals surface area contributed by atoms with Crippen LogP contribution in [0.4, 0.5) is 0 Å². The summed E-state index contributed by atoms with van der Waals surface area (Å²) in [5, 5.41) is 4.86. The van der Waals surface area contributed by atoms with E-state index < -0.39 is 0 Å². The van der Waals surface area contributed by atoms with Crippen LogP contribution < -0.4 is 9.47 Å². The van der Waals surface area contributed by atoms with E-state index in [4.69, 9.17) is 9.47 Å². The Kier molecular flexibility index (Phi) is 13.5. The van der Waals surface area contributed by atoms with Crippen LogP contribution in [0, 0.1) is 0 Å². The molecule has 0 bridgehead atoms. The number of fused-ring (bicyclic) bond motifs is 2. The fraction of sp³-hybridized carbons (Fsp3) is 0.632. The highest BCUT2D eigenvalue weighted by Gasteiger charge is 2.20. The van der Waals surface area contributed by atoms with E-state index in [1.54, 1.807) is 0 Å². The molecule has 0 unspecified atom stereocenters. The Balaban J connectivity index is 1.53. The molecule has 0 N–H and O–H groups in total. The molecule has 0 atom stereocenters. The molecule has 3 aromatic rings. The van der Waals surface area contributed by atoms with E-state index >= 15 is 0 Å². The van der Waals surface area contributed by atoms with Crippen LogP contribution in [0.1, 0.15) is 147 Å². The summed E-state index contributed by atoms with van der Waals surface area (Å²) in [5.41, 5.74) is 1.49. The van der Waals surface area contributed by atoms with Gasteiger partial charge in [-0.15, -0.1) is 0 Å². The van der Waals surface area contributed by atoms with Crippen LogP contribution in [0.5, 0.6) is 11.5 Å². The zero-order valence-corrected chi connectivity index (χ0v) is 25.8. The van der Waals surface area contributed by atoms with Crippen LogP contribution in [0.3, 0.4) is 0 Å². The number of unbranched alkanes of at least 4 members (excludes halogenated alkanes) is 12. The lowest BCUT2D eigenvalue weighted by Crippen LogP contribution is -2.06. The highest BCUT2D eigenvalue weighted by atomic mass is 16.5. The summed E-state index contributed by atoms with van der Waals surface area (Å²) in [5.74, 6) is 2.80. The lowest BCUT2D eigenvalue weighted by Gasteiger charge is -2.24. The Morgan fingerprint density at radius 1 is 0.525 bits per heavy atom. The average Bonchev–Trinajstić information content (AvgIpc) is 3.00. The Hall–Kier alpha value is -2.22. The van der Waals surface area contributed by atoms with Gasteiger partial charge in [0.15, 0.2) is 0 Å². The normalized spacial score (nSPS) is 14.2. The first kappa shape index (κ1) is 30.7. The standard InChI is InChI=1S/C38H56O2/c1-3-5-7-9-11-13-20-28-39-37-33-24-18-19-25-34(33)38(40-29-21-14-12-10-8-6-4-2)36-30-32(26-27-35(36)37)31-22-16-15-17-23-31/h18-19,24-27,30-31H,3-17,20-23,28-29H2,1-2H3. The van der Waals surface area contributed by atoms with E-state index in [9.17, 15) is 0 Å². The molecule has 2 nitrogen and oxygen atoms in total. The zero-order chi connectivity index (χ0) is 27.8. The summed E-state index contributed by atoms with van der Waals surface area (Å²) in [6, 6.07) is 15.9. The monoisotopic (exact) mass is 544 g/mol. The van der Waals surface area contributed by atoms with Crippen LogP contribution >= 0.6 is 0 Å². The molecule has 1 aliphatic rings.